The van der Waals surface area contributed by atoms with Crippen LogP contribution in [0.5, 0.6) is 5.75 Å². The predicted octanol–water partition coefficient (Wildman–Crippen LogP) is 8.80. The number of carbonyl (C=O) groups is 1. The fourth-order valence-corrected chi connectivity index (χ4v) is 6.23. The van der Waals surface area contributed by atoms with E-state index in [-0.39, 0.29) is 22.1 Å². The van der Waals surface area contributed by atoms with E-state index in [1.165, 1.54) is 0 Å². The quantitative estimate of drug-likeness (QED) is 0.447. The highest BCUT2D eigenvalue weighted by molar-refractivity contribution is 5.99. The molecule has 2 rings (SSSR count). The van der Waals surface area contributed by atoms with Crippen LogP contribution in [0.3, 0.4) is 0 Å². The van der Waals surface area contributed by atoms with E-state index >= 15 is 0 Å². The van der Waals surface area contributed by atoms with Gasteiger partial charge in [-0.1, -0.05) is 93.0 Å². The molecule has 3 nitrogen and oxygen atoms in total. The lowest BCUT2D eigenvalue weighted by atomic mass is 9.65. The van der Waals surface area contributed by atoms with Crippen LogP contribution in [0.25, 0.3) is 11.1 Å². The van der Waals surface area contributed by atoms with Gasteiger partial charge in [0.25, 0.3) is 0 Å². The number of benzene rings is 2. The van der Waals surface area contributed by atoms with E-state index in [9.17, 15) is 15.0 Å². The maximum atomic E-state index is 12.7. The third kappa shape index (κ3) is 6.23. The molecule has 0 aromatic heterocycles. The molecule has 0 saturated heterocycles. The number of phenolic OH excluding ortho intramolecular Hbond substituents is 1. The summed E-state index contributed by atoms with van der Waals surface area (Å²) in [5, 5.41) is 22.4. The van der Waals surface area contributed by atoms with Gasteiger partial charge >= 0.3 is 5.97 Å². The Morgan fingerprint density at radius 3 is 1.74 bits per heavy atom. The van der Waals surface area contributed by atoms with Gasteiger partial charge in [-0.3, -0.25) is 0 Å². The molecule has 0 aliphatic rings. The minimum absolute atomic E-state index is 0.00412. The molecule has 0 fully saturated rings. The van der Waals surface area contributed by atoms with Crippen molar-refractivity contribution in [2.75, 3.05) is 0 Å². The lowest BCUT2D eigenvalue weighted by molar-refractivity contribution is 0.0697. The molecule has 0 aliphatic heterocycles. The monoisotopic (exact) mass is 466 g/mol. The molecule has 2 aromatic carbocycles. The van der Waals surface area contributed by atoms with Crippen molar-refractivity contribution in [1.29, 1.82) is 0 Å². The lowest BCUT2D eigenvalue weighted by Gasteiger charge is -2.39. The number of aryl methyl sites for hydroxylation is 2. The zero-order valence-corrected chi connectivity index (χ0v) is 23.5. The van der Waals surface area contributed by atoms with Gasteiger partial charge in [-0.25, -0.2) is 4.79 Å². The van der Waals surface area contributed by atoms with Crippen LogP contribution in [0.1, 0.15) is 115 Å². The molecule has 0 bridgehead atoms. The first kappa shape index (κ1) is 28.0. The lowest BCUT2D eigenvalue weighted by Crippen LogP contribution is -2.30. The van der Waals surface area contributed by atoms with E-state index in [0.717, 1.165) is 35.1 Å². The van der Waals surface area contributed by atoms with Crippen molar-refractivity contribution in [2.45, 2.75) is 107 Å². The summed E-state index contributed by atoms with van der Waals surface area (Å²) in [6.07, 6.45) is 1.61. The molecule has 2 N–H and O–H groups in total. The largest absolute Gasteiger partial charge is 0.507 e. The van der Waals surface area contributed by atoms with Crippen molar-refractivity contribution < 1.29 is 15.0 Å². The molecule has 0 spiro atoms. The normalized spacial score (nSPS) is 13.3. The molecular formula is C31H46O3. The predicted molar refractivity (Wildman–Crippen MR) is 144 cm³/mol. The van der Waals surface area contributed by atoms with Gasteiger partial charge in [0.2, 0.25) is 0 Å². The van der Waals surface area contributed by atoms with Crippen molar-refractivity contribution >= 4 is 5.97 Å². The number of aromatic carboxylic acids is 1. The van der Waals surface area contributed by atoms with Crippen molar-refractivity contribution in [2.24, 2.45) is 10.8 Å². The van der Waals surface area contributed by atoms with Crippen molar-refractivity contribution in [1.82, 2.24) is 0 Å². The zero-order valence-electron chi connectivity index (χ0n) is 23.5. The third-order valence-corrected chi connectivity index (χ3v) is 6.53. The number of phenols is 1. The van der Waals surface area contributed by atoms with Crippen molar-refractivity contribution in [3.05, 3.63) is 52.1 Å². The van der Waals surface area contributed by atoms with Crippen molar-refractivity contribution in [3.63, 3.8) is 0 Å². The number of aromatic hydroxyl groups is 1. The first-order chi connectivity index (χ1) is 15.2. The zero-order chi connectivity index (χ0) is 26.4. The summed E-state index contributed by atoms with van der Waals surface area (Å²) in [5.74, 6) is -0.723. The Morgan fingerprint density at radius 2 is 1.29 bits per heavy atom. The standard InChI is InChI=1S/C31H46O3/c1-19-13-14-21(20(2)15-19)24-22(27(33)34)16-23(30(9,10)17-28(3,4)5)26(32)25(24)31(11,12)18-29(6,7)8/h13-16,32H,17-18H2,1-12H3,(H,33,34). The first-order valence-electron chi connectivity index (χ1n) is 12.4. The minimum Gasteiger partial charge on any atom is -0.507 e. The average Bonchev–Trinajstić information content (AvgIpc) is 2.56. The van der Waals surface area contributed by atoms with Gasteiger partial charge in [0.05, 0.1) is 5.56 Å². The second kappa shape index (κ2) is 9.06. The fraction of sp³-hybridized carbons (Fsp3) is 0.581. The van der Waals surface area contributed by atoms with E-state index in [2.05, 4.69) is 75.3 Å². The molecule has 0 saturated carbocycles. The Kier molecular flexibility index (Phi) is 7.45. The first-order valence-corrected chi connectivity index (χ1v) is 12.4. The highest BCUT2D eigenvalue weighted by Gasteiger charge is 2.39. The number of hydrogen-bond acceptors (Lipinski definition) is 2. The summed E-state index contributed by atoms with van der Waals surface area (Å²) < 4.78 is 0. The molecular weight excluding hydrogens is 420 g/mol. The topological polar surface area (TPSA) is 57.5 Å². The van der Waals surface area contributed by atoms with Crippen molar-refractivity contribution in [3.8, 4) is 16.9 Å². The number of carboxylic acids is 1. The Labute approximate surface area is 207 Å². The van der Waals surface area contributed by atoms with Crippen LogP contribution in [0.2, 0.25) is 0 Å². The molecule has 0 aliphatic carbocycles. The SMILES string of the molecule is Cc1ccc(-c2c(C(=O)O)cc(C(C)(C)CC(C)(C)C)c(O)c2C(C)(C)CC(C)(C)C)c(C)c1. The molecule has 3 heteroatoms. The van der Waals surface area contributed by atoms with Gasteiger partial charge in [-0.15, -0.1) is 0 Å². The summed E-state index contributed by atoms with van der Waals surface area (Å²) in [4.78, 5) is 12.7. The Bertz CT molecular complexity index is 1070. The number of hydrogen-bond donors (Lipinski definition) is 2. The highest BCUT2D eigenvalue weighted by atomic mass is 16.4. The van der Waals surface area contributed by atoms with E-state index in [1.54, 1.807) is 6.07 Å². The molecule has 0 atom stereocenters. The van der Waals surface area contributed by atoms with Crippen LogP contribution >= 0.6 is 0 Å². The van der Waals surface area contributed by atoms with E-state index in [1.807, 2.05) is 26.0 Å². The molecule has 0 heterocycles. The van der Waals surface area contributed by atoms with Gasteiger partial charge in [0.15, 0.2) is 0 Å². The second-order valence-electron chi connectivity index (χ2n) is 13.9. The third-order valence-electron chi connectivity index (χ3n) is 6.53. The summed E-state index contributed by atoms with van der Waals surface area (Å²) in [6.45, 7) is 25.6. The number of rotatable bonds is 6. The van der Waals surface area contributed by atoms with Crippen LogP contribution < -0.4 is 0 Å². The van der Waals surface area contributed by atoms with Gasteiger partial charge in [0.1, 0.15) is 5.75 Å². The second-order valence-corrected chi connectivity index (χ2v) is 13.9. The summed E-state index contributed by atoms with van der Waals surface area (Å²) in [7, 11) is 0. The maximum absolute atomic E-state index is 12.7. The van der Waals surface area contributed by atoms with Gasteiger partial charge in [0, 0.05) is 16.7 Å². The van der Waals surface area contributed by atoms with Gasteiger partial charge in [-0.05, 0) is 65.5 Å². The molecule has 34 heavy (non-hydrogen) atoms. The van der Waals surface area contributed by atoms with E-state index in [0.29, 0.717) is 11.1 Å². The summed E-state index contributed by atoms with van der Waals surface area (Å²) in [6, 6.07) is 7.83. The number of carboxylic acid groups (broad SMARTS) is 1. The average molecular weight is 467 g/mol. The molecule has 2 aromatic rings. The smallest absolute Gasteiger partial charge is 0.336 e. The maximum Gasteiger partial charge on any atom is 0.336 e. The molecule has 0 amide bonds. The van der Waals surface area contributed by atoms with Crippen LogP contribution in [-0.2, 0) is 10.8 Å². The minimum atomic E-state index is -0.962. The Morgan fingerprint density at radius 1 is 0.794 bits per heavy atom. The summed E-state index contributed by atoms with van der Waals surface area (Å²) in [5.41, 5.74) is 4.53. The Hall–Kier alpha value is -2.29. The van der Waals surface area contributed by atoms with E-state index < -0.39 is 16.8 Å². The highest BCUT2D eigenvalue weighted by Crippen LogP contribution is 2.51. The Balaban J connectivity index is 3.08. The van der Waals surface area contributed by atoms with Gasteiger partial charge in [-0.2, -0.15) is 0 Å². The van der Waals surface area contributed by atoms with Crippen LogP contribution in [-0.4, -0.2) is 16.2 Å². The molecule has 0 radical (unpaired) electrons. The molecule has 188 valence electrons. The summed E-state index contributed by atoms with van der Waals surface area (Å²) >= 11 is 0. The van der Waals surface area contributed by atoms with Crippen LogP contribution in [0.4, 0.5) is 0 Å². The van der Waals surface area contributed by atoms with E-state index in [4.69, 9.17) is 0 Å². The fourth-order valence-electron chi connectivity index (χ4n) is 6.23. The van der Waals surface area contributed by atoms with Crippen LogP contribution in [0, 0.1) is 24.7 Å². The van der Waals surface area contributed by atoms with Gasteiger partial charge < -0.3 is 10.2 Å². The molecule has 0 unspecified atom stereocenters. The van der Waals surface area contributed by atoms with Crippen LogP contribution in [0.15, 0.2) is 24.3 Å².